The first kappa shape index (κ1) is 12.7. The Morgan fingerprint density at radius 2 is 2.25 bits per heavy atom. The summed E-state index contributed by atoms with van der Waals surface area (Å²) in [6.07, 6.45) is 2.70. The summed E-state index contributed by atoms with van der Waals surface area (Å²) < 4.78 is 5.63. The van der Waals surface area contributed by atoms with Crippen molar-refractivity contribution in [3.8, 4) is 6.07 Å². The number of fused-ring (bicyclic) bond motifs is 1. The minimum Gasteiger partial charge on any atom is -0.451 e. The highest BCUT2D eigenvalue weighted by atomic mass is 16.3. The molecule has 102 valence electrons. The molecule has 4 nitrogen and oxygen atoms in total. The lowest BCUT2D eigenvalue weighted by atomic mass is 10.0. The predicted octanol–water partition coefficient (Wildman–Crippen LogP) is 3.26. The second-order valence-corrected chi connectivity index (χ2v) is 5.29. The first-order valence-electron chi connectivity index (χ1n) is 6.90. The fraction of sp³-hybridized carbons (Fsp3) is 0.375. The quantitative estimate of drug-likeness (QED) is 0.797. The molecule has 1 aliphatic heterocycles. The van der Waals surface area contributed by atoms with Crippen LogP contribution in [0, 0.1) is 18.3 Å². The van der Waals surface area contributed by atoms with Crippen molar-refractivity contribution >= 4 is 16.9 Å². The van der Waals surface area contributed by atoms with Crippen LogP contribution < -0.4 is 0 Å². The van der Waals surface area contributed by atoms with Crippen LogP contribution in [-0.4, -0.2) is 23.4 Å². The van der Waals surface area contributed by atoms with Gasteiger partial charge >= 0.3 is 0 Å². The van der Waals surface area contributed by atoms with Gasteiger partial charge in [-0.25, -0.2) is 0 Å². The van der Waals surface area contributed by atoms with E-state index in [9.17, 15) is 4.79 Å². The summed E-state index contributed by atoms with van der Waals surface area (Å²) in [5.41, 5.74) is 1.84. The van der Waals surface area contributed by atoms with Gasteiger partial charge in [0.2, 0.25) is 0 Å². The molecule has 0 aliphatic carbocycles. The first-order chi connectivity index (χ1) is 9.69. The Labute approximate surface area is 117 Å². The number of carbonyl (C=O) groups is 1. The lowest BCUT2D eigenvalue weighted by Gasteiger charge is -2.30. The van der Waals surface area contributed by atoms with Crippen molar-refractivity contribution in [3.05, 3.63) is 35.6 Å². The second-order valence-electron chi connectivity index (χ2n) is 5.29. The molecule has 1 atom stereocenters. The Bertz CT molecular complexity index is 696. The van der Waals surface area contributed by atoms with Crippen LogP contribution in [0.15, 0.2) is 28.7 Å². The number of aryl methyl sites for hydroxylation is 1. The first-order valence-corrected chi connectivity index (χ1v) is 6.90. The number of hydrogen-bond donors (Lipinski definition) is 0. The van der Waals surface area contributed by atoms with E-state index in [4.69, 9.17) is 9.68 Å². The highest BCUT2D eigenvalue weighted by Crippen LogP contribution is 2.24. The maximum atomic E-state index is 12.5. The Balaban J connectivity index is 1.93. The second kappa shape index (κ2) is 5.01. The molecule has 1 fully saturated rings. The average Bonchev–Trinajstić information content (AvgIpc) is 2.89. The molecule has 3 rings (SSSR count). The Kier molecular flexibility index (Phi) is 3.19. The van der Waals surface area contributed by atoms with Crippen LogP contribution in [0.5, 0.6) is 0 Å². The maximum absolute atomic E-state index is 12.5. The molecule has 0 bridgehead atoms. The SMILES string of the molecule is Cc1ccc2oc(C(=O)N3CCCCC3C#N)cc2c1. The van der Waals surface area contributed by atoms with Crippen LogP contribution in [0.4, 0.5) is 0 Å². The fourth-order valence-electron chi connectivity index (χ4n) is 2.72. The monoisotopic (exact) mass is 268 g/mol. The number of rotatable bonds is 1. The summed E-state index contributed by atoms with van der Waals surface area (Å²) >= 11 is 0. The zero-order valence-corrected chi connectivity index (χ0v) is 11.4. The summed E-state index contributed by atoms with van der Waals surface area (Å²) in [5.74, 6) is 0.151. The van der Waals surface area contributed by atoms with Crippen molar-refractivity contribution in [1.29, 1.82) is 5.26 Å². The number of nitriles is 1. The van der Waals surface area contributed by atoms with Crippen molar-refractivity contribution in [2.45, 2.75) is 32.2 Å². The molecule has 1 aliphatic rings. The van der Waals surface area contributed by atoms with E-state index in [0.717, 1.165) is 30.2 Å². The van der Waals surface area contributed by atoms with Gasteiger partial charge in [0.15, 0.2) is 5.76 Å². The molecule has 1 aromatic heterocycles. The number of piperidine rings is 1. The molecule has 0 radical (unpaired) electrons. The lowest BCUT2D eigenvalue weighted by molar-refractivity contribution is 0.0640. The Morgan fingerprint density at radius 1 is 1.40 bits per heavy atom. The van der Waals surface area contributed by atoms with Crippen LogP contribution in [0.25, 0.3) is 11.0 Å². The van der Waals surface area contributed by atoms with Crippen LogP contribution in [0.3, 0.4) is 0 Å². The van der Waals surface area contributed by atoms with Gasteiger partial charge in [-0.1, -0.05) is 11.6 Å². The third-order valence-electron chi connectivity index (χ3n) is 3.80. The smallest absolute Gasteiger partial charge is 0.290 e. The van der Waals surface area contributed by atoms with Gasteiger partial charge in [-0.15, -0.1) is 0 Å². The zero-order valence-electron chi connectivity index (χ0n) is 11.4. The number of hydrogen-bond acceptors (Lipinski definition) is 3. The van der Waals surface area contributed by atoms with E-state index in [-0.39, 0.29) is 11.9 Å². The van der Waals surface area contributed by atoms with Crippen molar-refractivity contribution in [2.75, 3.05) is 6.54 Å². The summed E-state index contributed by atoms with van der Waals surface area (Å²) in [4.78, 5) is 14.1. The van der Waals surface area contributed by atoms with Crippen molar-refractivity contribution in [2.24, 2.45) is 0 Å². The van der Waals surface area contributed by atoms with E-state index in [2.05, 4.69) is 6.07 Å². The molecular formula is C16H16N2O2. The molecular weight excluding hydrogens is 252 g/mol. The van der Waals surface area contributed by atoms with Gasteiger partial charge in [-0.05, 0) is 44.4 Å². The van der Waals surface area contributed by atoms with Crippen molar-refractivity contribution < 1.29 is 9.21 Å². The van der Waals surface area contributed by atoms with Crippen molar-refractivity contribution in [1.82, 2.24) is 4.90 Å². The molecule has 2 heterocycles. The number of carbonyl (C=O) groups excluding carboxylic acids is 1. The number of nitrogens with zero attached hydrogens (tertiary/aromatic N) is 2. The molecule has 1 aromatic carbocycles. The topological polar surface area (TPSA) is 57.2 Å². The number of furan rings is 1. The van der Waals surface area contributed by atoms with E-state index >= 15 is 0 Å². The number of benzene rings is 1. The van der Waals surface area contributed by atoms with Crippen LogP contribution in [0.2, 0.25) is 0 Å². The van der Waals surface area contributed by atoms with E-state index < -0.39 is 0 Å². The molecule has 20 heavy (non-hydrogen) atoms. The summed E-state index contributed by atoms with van der Waals surface area (Å²) in [7, 11) is 0. The summed E-state index contributed by atoms with van der Waals surface area (Å²) in [5, 5.41) is 10.1. The van der Waals surface area contributed by atoms with Gasteiger partial charge in [-0.3, -0.25) is 4.79 Å². The van der Waals surface area contributed by atoms with E-state index in [1.54, 1.807) is 11.0 Å². The van der Waals surface area contributed by atoms with Gasteiger partial charge in [-0.2, -0.15) is 5.26 Å². The van der Waals surface area contributed by atoms with E-state index in [0.29, 0.717) is 17.9 Å². The molecule has 4 heteroatoms. The minimum atomic E-state index is -0.328. The highest BCUT2D eigenvalue weighted by Gasteiger charge is 2.29. The van der Waals surface area contributed by atoms with E-state index in [1.165, 1.54) is 0 Å². The van der Waals surface area contributed by atoms with Gasteiger partial charge in [0, 0.05) is 11.9 Å². The molecule has 1 amide bonds. The zero-order chi connectivity index (χ0) is 14.1. The molecule has 0 N–H and O–H groups in total. The molecule has 1 saturated heterocycles. The molecule has 2 aromatic rings. The fourth-order valence-corrected chi connectivity index (χ4v) is 2.72. The average molecular weight is 268 g/mol. The summed E-state index contributed by atoms with van der Waals surface area (Å²) in [6.45, 7) is 2.64. The minimum absolute atomic E-state index is 0.176. The van der Waals surface area contributed by atoms with Gasteiger partial charge in [0.1, 0.15) is 11.6 Å². The maximum Gasteiger partial charge on any atom is 0.290 e. The van der Waals surface area contributed by atoms with Crippen LogP contribution in [0.1, 0.15) is 35.4 Å². The van der Waals surface area contributed by atoms with Gasteiger partial charge < -0.3 is 9.32 Å². The van der Waals surface area contributed by atoms with Crippen LogP contribution >= 0.6 is 0 Å². The van der Waals surface area contributed by atoms with Gasteiger partial charge in [0.05, 0.1) is 6.07 Å². The summed E-state index contributed by atoms with van der Waals surface area (Å²) in [6, 6.07) is 9.48. The number of amides is 1. The lowest BCUT2D eigenvalue weighted by Crippen LogP contribution is -2.42. The Morgan fingerprint density at radius 3 is 3.05 bits per heavy atom. The third kappa shape index (κ3) is 2.16. The Hall–Kier alpha value is -2.28. The normalized spacial score (nSPS) is 19.0. The van der Waals surface area contributed by atoms with Gasteiger partial charge in [0.25, 0.3) is 5.91 Å². The number of likely N-dealkylation sites (tertiary alicyclic amines) is 1. The van der Waals surface area contributed by atoms with E-state index in [1.807, 2.05) is 25.1 Å². The van der Waals surface area contributed by atoms with Crippen molar-refractivity contribution in [3.63, 3.8) is 0 Å². The largest absolute Gasteiger partial charge is 0.451 e. The standard InChI is InChI=1S/C16H16N2O2/c1-11-5-6-14-12(8-11)9-15(20-14)16(19)18-7-3-2-4-13(18)10-17/h5-6,8-9,13H,2-4,7H2,1H3. The molecule has 0 saturated carbocycles. The van der Waals surface area contributed by atoms with Crippen LogP contribution in [-0.2, 0) is 0 Å². The predicted molar refractivity (Wildman–Crippen MR) is 75.2 cm³/mol. The molecule has 0 spiro atoms. The molecule has 1 unspecified atom stereocenters. The highest BCUT2D eigenvalue weighted by molar-refractivity contribution is 5.96. The third-order valence-corrected chi connectivity index (χ3v) is 3.80.